The van der Waals surface area contributed by atoms with Gasteiger partial charge in [-0.25, -0.2) is 4.99 Å². The Morgan fingerprint density at radius 2 is 2.27 bits per heavy atom. The van der Waals surface area contributed by atoms with E-state index in [2.05, 4.69) is 4.99 Å². The highest BCUT2D eigenvalue weighted by atomic mass is 15.1. The molecule has 0 bridgehead atoms. The van der Waals surface area contributed by atoms with Gasteiger partial charge in [0, 0.05) is 25.8 Å². The number of allylic oxidation sites excluding steroid dienone is 1. The average molecular weight is 155 g/mol. The van der Waals surface area contributed by atoms with Gasteiger partial charge in [0.1, 0.15) is 0 Å². The minimum absolute atomic E-state index is 0.192. The summed E-state index contributed by atoms with van der Waals surface area (Å²) in [4.78, 5) is 5.97. The van der Waals surface area contributed by atoms with E-state index in [4.69, 9.17) is 5.73 Å². The van der Waals surface area contributed by atoms with Gasteiger partial charge in [0.05, 0.1) is 6.34 Å². The van der Waals surface area contributed by atoms with Gasteiger partial charge in [0.2, 0.25) is 0 Å². The van der Waals surface area contributed by atoms with Crippen LogP contribution in [0.3, 0.4) is 0 Å². The van der Waals surface area contributed by atoms with Crippen molar-refractivity contribution in [2.45, 2.75) is 19.9 Å². The van der Waals surface area contributed by atoms with E-state index in [0.717, 1.165) is 6.54 Å². The number of likely N-dealkylation sites (N-methyl/N-ethyl adjacent to an activating group) is 1. The Bertz CT molecular complexity index is 138. The summed E-state index contributed by atoms with van der Waals surface area (Å²) in [5.41, 5.74) is 5.58. The minimum atomic E-state index is 0.192. The predicted molar refractivity (Wildman–Crippen MR) is 49.6 cm³/mol. The van der Waals surface area contributed by atoms with Gasteiger partial charge in [-0.3, -0.25) is 0 Å². The smallest absolute Gasteiger partial charge is 0.0902 e. The molecule has 0 saturated carbocycles. The Balaban J connectivity index is 3.59. The van der Waals surface area contributed by atoms with Gasteiger partial charge in [-0.1, -0.05) is 6.08 Å². The second-order valence-electron chi connectivity index (χ2n) is 2.66. The minimum Gasteiger partial charge on any atom is -0.364 e. The quantitative estimate of drug-likeness (QED) is 0.482. The molecule has 0 unspecified atom stereocenters. The van der Waals surface area contributed by atoms with Crippen LogP contribution in [0.15, 0.2) is 17.3 Å². The molecule has 3 heteroatoms. The molecule has 64 valence electrons. The zero-order valence-electron chi connectivity index (χ0n) is 7.49. The number of nitrogens with two attached hydrogens (primary N) is 1. The summed E-state index contributed by atoms with van der Waals surface area (Å²) < 4.78 is 0. The molecule has 1 atom stereocenters. The van der Waals surface area contributed by atoms with Crippen LogP contribution in [-0.4, -0.2) is 30.9 Å². The molecule has 0 aromatic heterocycles. The first-order chi connectivity index (χ1) is 5.16. The summed E-state index contributed by atoms with van der Waals surface area (Å²) in [6.45, 7) is 4.74. The zero-order valence-corrected chi connectivity index (χ0v) is 7.49. The van der Waals surface area contributed by atoms with Gasteiger partial charge in [-0.2, -0.15) is 0 Å². The van der Waals surface area contributed by atoms with Crippen LogP contribution in [0, 0.1) is 0 Å². The van der Waals surface area contributed by atoms with Gasteiger partial charge < -0.3 is 10.6 Å². The van der Waals surface area contributed by atoms with E-state index in [1.54, 1.807) is 12.5 Å². The van der Waals surface area contributed by atoms with E-state index in [0.29, 0.717) is 0 Å². The van der Waals surface area contributed by atoms with Gasteiger partial charge >= 0.3 is 0 Å². The van der Waals surface area contributed by atoms with Crippen LogP contribution in [0.2, 0.25) is 0 Å². The molecule has 0 spiro atoms. The molecule has 0 heterocycles. The van der Waals surface area contributed by atoms with Gasteiger partial charge in [0.15, 0.2) is 0 Å². The first kappa shape index (κ1) is 10.2. The van der Waals surface area contributed by atoms with Gasteiger partial charge in [0.25, 0.3) is 0 Å². The monoisotopic (exact) mass is 155 g/mol. The van der Waals surface area contributed by atoms with Crippen molar-refractivity contribution in [3.63, 3.8) is 0 Å². The fraction of sp³-hybridized carbons (Fsp3) is 0.625. The third-order valence-corrected chi connectivity index (χ3v) is 1.07. The van der Waals surface area contributed by atoms with Crippen molar-refractivity contribution in [2.75, 3.05) is 13.6 Å². The summed E-state index contributed by atoms with van der Waals surface area (Å²) in [6.07, 6.45) is 5.40. The van der Waals surface area contributed by atoms with Crippen molar-refractivity contribution in [1.29, 1.82) is 0 Å². The fourth-order valence-electron chi connectivity index (χ4n) is 0.740. The maximum atomic E-state index is 5.58. The summed E-state index contributed by atoms with van der Waals surface area (Å²) in [6, 6.07) is 0.192. The van der Waals surface area contributed by atoms with Crippen LogP contribution in [0.1, 0.15) is 13.8 Å². The summed E-state index contributed by atoms with van der Waals surface area (Å²) >= 11 is 0. The molecular weight excluding hydrogens is 138 g/mol. The van der Waals surface area contributed by atoms with Crippen LogP contribution in [0.25, 0.3) is 0 Å². The predicted octanol–water partition coefficient (Wildman–Crippen LogP) is 0.827. The van der Waals surface area contributed by atoms with Crippen LogP contribution in [-0.2, 0) is 0 Å². The van der Waals surface area contributed by atoms with Gasteiger partial charge in [-0.15, -0.1) is 0 Å². The molecule has 0 fully saturated rings. The SMILES string of the molecule is C/C=C/N=CN(C)C[C@H](C)N. The van der Waals surface area contributed by atoms with Crippen molar-refractivity contribution < 1.29 is 0 Å². The lowest BCUT2D eigenvalue weighted by molar-refractivity contribution is 0.475. The van der Waals surface area contributed by atoms with E-state index in [1.807, 2.05) is 31.9 Å². The van der Waals surface area contributed by atoms with Crippen LogP contribution < -0.4 is 5.73 Å². The molecule has 3 nitrogen and oxygen atoms in total. The third kappa shape index (κ3) is 7.06. The molecule has 0 saturated heterocycles. The van der Waals surface area contributed by atoms with Crippen LogP contribution in [0.4, 0.5) is 0 Å². The Kier molecular flexibility index (Phi) is 5.47. The molecule has 2 N–H and O–H groups in total. The molecule has 0 aromatic rings. The lowest BCUT2D eigenvalue weighted by Crippen LogP contribution is -2.31. The van der Waals surface area contributed by atoms with Crippen molar-refractivity contribution in [3.8, 4) is 0 Å². The first-order valence-electron chi connectivity index (χ1n) is 3.77. The topological polar surface area (TPSA) is 41.6 Å². The van der Waals surface area contributed by atoms with Crippen molar-refractivity contribution >= 4 is 6.34 Å². The summed E-state index contributed by atoms with van der Waals surface area (Å²) in [7, 11) is 1.95. The van der Waals surface area contributed by atoms with E-state index >= 15 is 0 Å². The van der Waals surface area contributed by atoms with E-state index in [1.165, 1.54) is 0 Å². The average Bonchev–Trinajstić information content (AvgIpc) is 1.86. The molecule has 0 radical (unpaired) electrons. The number of aliphatic imine (C=N–C) groups is 1. The van der Waals surface area contributed by atoms with Crippen molar-refractivity contribution in [3.05, 3.63) is 12.3 Å². The lowest BCUT2D eigenvalue weighted by Gasteiger charge is -2.14. The van der Waals surface area contributed by atoms with E-state index < -0.39 is 0 Å². The zero-order chi connectivity index (χ0) is 8.69. The van der Waals surface area contributed by atoms with E-state index in [-0.39, 0.29) is 6.04 Å². The Labute approximate surface area is 68.6 Å². The maximum Gasteiger partial charge on any atom is 0.0902 e. The van der Waals surface area contributed by atoms with E-state index in [9.17, 15) is 0 Å². The highest BCUT2D eigenvalue weighted by Gasteiger charge is 1.94. The maximum absolute atomic E-state index is 5.58. The normalized spacial score (nSPS) is 14.5. The molecule has 11 heavy (non-hydrogen) atoms. The Morgan fingerprint density at radius 1 is 1.64 bits per heavy atom. The standard InChI is InChI=1S/C8H17N3/c1-4-5-10-7-11(3)6-8(2)9/h4-5,7-8H,6,9H2,1-3H3/b5-4+,10-7?/t8-/m0/s1. The molecule has 0 aliphatic heterocycles. The molecule has 0 rings (SSSR count). The third-order valence-electron chi connectivity index (χ3n) is 1.07. The molecule has 0 aromatic carbocycles. The molecular formula is C8H17N3. The number of hydrogen-bond donors (Lipinski definition) is 1. The molecule has 0 aliphatic carbocycles. The first-order valence-corrected chi connectivity index (χ1v) is 3.77. The second kappa shape index (κ2) is 5.92. The Morgan fingerprint density at radius 3 is 2.73 bits per heavy atom. The molecule has 0 amide bonds. The van der Waals surface area contributed by atoms with Gasteiger partial charge in [-0.05, 0) is 13.8 Å². The highest BCUT2D eigenvalue weighted by Crippen LogP contribution is 1.81. The largest absolute Gasteiger partial charge is 0.364 e. The Hall–Kier alpha value is -0.830. The number of nitrogens with zero attached hydrogens (tertiary/aromatic N) is 2. The second-order valence-corrected chi connectivity index (χ2v) is 2.66. The number of hydrogen-bond acceptors (Lipinski definition) is 2. The molecule has 0 aliphatic rings. The summed E-state index contributed by atoms with van der Waals surface area (Å²) in [5, 5.41) is 0. The highest BCUT2D eigenvalue weighted by molar-refractivity contribution is 5.55. The number of rotatable bonds is 4. The van der Waals surface area contributed by atoms with Crippen LogP contribution in [0.5, 0.6) is 0 Å². The summed E-state index contributed by atoms with van der Waals surface area (Å²) in [5.74, 6) is 0. The van der Waals surface area contributed by atoms with Crippen molar-refractivity contribution in [1.82, 2.24) is 4.90 Å². The fourth-order valence-corrected chi connectivity index (χ4v) is 0.740. The van der Waals surface area contributed by atoms with Crippen LogP contribution >= 0.6 is 0 Å². The lowest BCUT2D eigenvalue weighted by atomic mass is 10.3. The van der Waals surface area contributed by atoms with Crippen molar-refractivity contribution in [2.24, 2.45) is 10.7 Å².